The molecule has 26 heavy (non-hydrogen) atoms. The van der Waals surface area contributed by atoms with Crippen LogP contribution in [0.25, 0.3) is 0 Å². The first-order valence-electron chi connectivity index (χ1n) is 8.60. The summed E-state index contributed by atoms with van der Waals surface area (Å²) in [6.45, 7) is 5.12. The second-order valence-electron chi connectivity index (χ2n) is 6.62. The van der Waals surface area contributed by atoms with E-state index >= 15 is 0 Å². The minimum atomic E-state index is -1.14. The molecule has 0 unspecified atom stereocenters. The number of rotatable bonds is 7. The average Bonchev–Trinajstić information content (AvgIpc) is 3.32. The summed E-state index contributed by atoms with van der Waals surface area (Å²) in [6, 6.07) is 2.85. The summed E-state index contributed by atoms with van der Waals surface area (Å²) in [7, 11) is 0. The van der Waals surface area contributed by atoms with Crippen molar-refractivity contribution < 1.29 is 23.6 Å². The third-order valence-corrected chi connectivity index (χ3v) is 4.30. The third kappa shape index (κ3) is 4.10. The Hall–Kier alpha value is -2.68. The monoisotopic (exact) mass is 362 g/mol. The predicted octanol–water partition coefficient (Wildman–Crippen LogP) is 1.94. The number of carboxylic acids is 1. The highest BCUT2D eigenvalue weighted by Gasteiger charge is 2.32. The largest absolute Gasteiger partial charge is 0.475 e. The molecule has 0 radical (unpaired) electrons. The average molecular weight is 362 g/mol. The zero-order valence-electron chi connectivity index (χ0n) is 14.8. The molecule has 2 aromatic rings. The first-order chi connectivity index (χ1) is 12.4. The fourth-order valence-electron chi connectivity index (χ4n) is 2.93. The van der Waals surface area contributed by atoms with E-state index in [2.05, 4.69) is 15.5 Å². The van der Waals surface area contributed by atoms with E-state index in [-0.39, 0.29) is 36.7 Å². The lowest BCUT2D eigenvalue weighted by Gasteiger charge is -2.20. The molecule has 0 aliphatic carbocycles. The molecule has 1 saturated heterocycles. The van der Waals surface area contributed by atoms with Gasteiger partial charge in [-0.15, -0.1) is 0 Å². The standard InChI is InChI=1S/C17H22N4O5/c1-10(2)15-19-16(26-20-15)12-4-3-7-21(12)9-14(22)18-8-11-5-6-13(25-11)17(23)24/h5-6,10,12H,3-4,7-9H2,1-2H3,(H,18,22)(H,23,24)/t12-/m0/s1. The van der Waals surface area contributed by atoms with Crippen LogP contribution in [0.4, 0.5) is 0 Å². The number of carbonyl (C=O) groups is 2. The number of aromatic carboxylic acids is 1. The molecule has 0 spiro atoms. The molecule has 2 aromatic heterocycles. The Kier molecular flexibility index (Phi) is 5.36. The summed E-state index contributed by atoms with van der Waals surface area (Å²) in [4.78, 5) is 29.5. The number of carboxylic acid groups (broad SMARTS) is 1. The van der Waals surface area contributed by atoms with Crippen LogP contribution in [0.2, 0.25) is 0 Å². The Morgan fingerprint density at radius 2 is 2.23 bits per heavy atom. The molecule has 3 heterocycles. The van der Waals surface area contributed by atoms with Gasteiger partial charge >= 0.3 is 5.97 Å². The van der Waals surface area contributed by atoms with Crippen LogP contribution in [0.15, 0.2) is 21.1 Å². The van der Waals surface area contributed by atoms with Gasteiger partial charge in [0.2, 0.25) is 17.6 Å². The third-order valence-electron chi connectivity index (χ3n) is 4.30. The molecule has 0 bridgehead atoms. The summed E-state index contributed by atoms with van der Waals surface area (Å²) >= 11 is 0. The van der Waals surface area contributed by atoms with Crippen molar-refractivity contribution in [2.75, 3.05) is 13.1 Å². The van der Waals surface area contributed by atoms with Gasteiger partial charge in [0.25, 0.3) is 0 Å². The molecule has 3 rings (SSSR count). The molecule has 2 N–H and O–H groups in total. The van der Waals surface area contributed by atoms with Crippen molar-refractivity contribution in [2.24, 2.45) is 0 Å². The lowest BCUT2D eigenvalue weighted by molar-refractivity contribution is -0.122. The summed E-state index contributed by atoms with van der Waals surface area (Å²) < 4.78 is 10.5. The molecule has 1 aliphatic rings. The van der Waals surface area contributed by atoms with Crippen molar-refractivity contribution in [2.45, 2.75) is 45.2 Å². The van der Waals surface area contributed by atoms with Gasteiger partial charge in [0, 0.05) is 5.92 Å². The second kappa shape index (κ2) is 7.69. The van der Waals surface area contributed by atoms with Gasteiger partial charge in [0.1, 0.15) is 5.76 Å². The first-order valence-corrected chi connectivity index (χ1v) is 8.60. The van der Waals surface area contributed by atoms with Crippen LogP contribution >= 0.6 is 0 Å². The van der Waals surface area contributed by atoms with E-state index in [0.29, 0.717) is 17.5 Å². The normalized spacial score (nSPS) is 17.7. The van der Waals surface area contributed by atoms with E-state index < -0.39 is 5.97 Å². The maximum Gasteiger partial charge on any atom is 0.371 e. The Labute approximate surface area is 150 Å². The van der Waals surface area contributed by atoms with Crippen LogP contribution in [0.1, 0.15) is 66.7 Å². The van der Waals surface area contributed by atoms with Crippen LogP contribution in [0, 0.1) is 0 Å². The molecule has 140 valence electrons. The highest BCUT2D eigenvalue weighted by atomic mass is 16.5. The smallest absolute Gasteiger partial charge is 0.371 e. The first kappa shape index (κ1) is 18.1. The molecule has 1 aliphatic heterocycles. The molecule has 1 fully saturated rings. The minimum absolute atomic E-state index is 0.0528. The summed E-state index contributed by atoms with van der Waals surface area (Å²) in [6.07, 6.45) is 1.82. The Balaban J connectivity index is 1.54. The van der Waals surface area contributed by atoms with E-state index in [1.54, 1.807) is 0 Å². The molecule has 1 atom stereocenters. The fourth-order valence-corrected chi connectivity index (χ4v) is 2.93. The molecular formula is C17H22N4O5. The number of aromatic nitrogens is 2. The van der Waals surface area contributed by atoms with E-state index in [1.165, 1.54) is 12.1 Å². The van der Waals surface area contributed by atoms with Crippen molar-refractivity contribution in [1.82, 2.24) is 20.4 Å². The van der Waals surface area contributed by atoms with Crippen molar-refractivity contribution in [3.05, 3.63) is 35.4 Å². The van der Waals surface area contributed by atoms with Gasteiger partial charge in [-0.3, -0.25) is 9.69 Å². The van der Waals surface area contributed by atoms with Crippen molar-refractivity contribution in [1.29, 1.82) is 0 Å². The number of likely N-dealkylation sites (tertiary alicyclic amines) is 1. The summed E-state index contributed by atoms with van der Waals surface area (Å²) in [5.41, 5.74) is 0. The van der Waals surface area contributed by atoms with Crippen molar-refractivity contribution in [3.8, 4) is 0 Å². The Morgan fingerprint density at radius 1 is 1.42 bits per heavy atom. The summed E-state index contributed by atoms with van der Waals surface area (Å²) in [5, 5.41) is 15.6. The van der Waals surface area contributed by atoms with Crippen LogP contribution in [-0.2, 0) is 11.3 Å². The number of nitrogens with one attached hydrogen (secondary N) is 1. The maximum atomic E-state index is 12.2. The fraction of sp³-hybridized carbons (Fsp3) is 0.529. The predicted molar refractivity (Wildman–Crippen MR) is 89.4 cm³/mol. The molecule has 0 aromatic carbocycles. The van der Waals surface area contributed by atoms with E-state index in [9.17, 15) is 9.59 Å². The maximum absolute atomic E-state index is 12.2. The number of carbonyl (C=O) groups excluding carboxylic acids is 1. The SMILES string of the molecule is CC(C)c1noc([C@@H]2CCCN2CC(=O)NCc2ccc(C(=O)O)o2)n1. The number of hydrogen-bond donors (Lipinski definition) is 2. The van der Waals surface area contributed by atoms with Crippen LogP contribution < -0.4 is 5.32 Å². The van der Waals surface area contributed by atoms with Gasteiger partial charge in [-0.2, -0.15) is 4.98 Å². The van der Waals surface area contributed by atoms with E-state index in [0.717, 1.165) is 19.4 Å². The zero-order valence-corrected chi connectivity index (χ0v) is 14.8. The molecule has 0 saturated carbocycles. The van der Waals surface area contributed by atoms with Gasteiger partial charge in [0.05, 0.1) is 19.1 Å². The second-order valence-corrected chi connectivity index (χ2v) is 6.62. The number of hydrogen-bond acceptors (Lipinski definition) is 7. The van der Waals surface area contributed by atoms with E-state index in [1.807, 2.05) is 18.7 Å². The molecule has 9 heteroatoms. The number of amides is 1. The van der Waals surface area contributed by atoms with Gasteiger partial charge in [-0.05, 0) is 31.5 Å². The van der Waals surface area contributed by atoms with Crippen molar-refractivity contribution in [3.63, 3.8) is 0 Å². The van der Waals surface area contributed by atoms with Gasteiger partial charge < -0.3 is 19.4 Å². The van der Waals surface area contributed by atoms with Gasteiger partial charge in [0.15, 0.2) is 5.82 Å². The number of furan rings is 1. The van der Waals surface area contributed by atoms with Crippen molar-refractivity contribution >= 4 is 11.9 Å². The zero-order chi connectivity index (χ0) is 18.7. The Morgan fingerprint density at radius 3 is 2.88 bits per heavy atom. The topological polar surface area (TPSA) is 122 Å². The van der Waals surface area contributed by atoms with E-state index in [4.69, 9.17) is 14.0 Å². The van der Waals surface area contributed by atoms with Crippen LogP contribution in [0.3, 0.4) is 0 Å². The Bertz CT molecular complexity index is 782. The van der Waals surface area contributed by atoms with Gasteiger partial charge in [-0.25, -0.2) is 4.79 Å². The summed E-state index contributed by atoms with van der Waals surface area (Å²) in [5.74, 6) is 0.351. The van der Waals surface area contributed by atoms with Crippen LogP contribution in [-0.4, -0.2) is 45.1 Å². The lowest BCUT2D eigenvalue weighted by atomic mass is 10.2. The highest BCUT2D eigenvalue weighted by Crippen LogP contribution is 2.31. The van der Waals surface area contributed by atoms with Gasteiger partial charge in [-0.1, -0.05) is 19.0 Å². The number of nitrogens with zero attached hydrogens (tertiary/aromatic N) is 3. The highest BCUT2D eigenvalue weighted by molar-refractivity contribution is 5.84. The lowest BCUT2D eigenvalue weighted by Crippen LogP contribution is -2.36. The van der Waals surface area contributed by atoms with Crippen LogP contribution in [0.5, 0.6) is 0 Å². The molecular weight excluding hydrogens is 340 g/mol. The molecule has 1 amide bonds. The quantitative estimate of drug-likeness (QED) is 0.766. The minimum Gasteiger partial charge on any atom is -0.475 e. The molecule has 9 nitrogen and oxygen atoms in total.